The van der Waals surface area contributed by atoms with Crippen molar-refractivity contribution in [2.45, 2.75) is 51.4 Å². The molecule has 0 unspecified atom stereocenters. The second kappa shape index (κ2) is 8.47. The van der Waals surface area contributed by atoms with Crippen molar-refractivity contribution in [3.63, 3.8) is 0 Å². The highest BCUT2D eigenvalue weighted by Gasteiger charge is 2.28. The zero-order valence-electron chi connectivity index (χ0n) is 18.0. The van der Waals surface area contributed by atoms with Crippen molar-refractivity contribution in [2.75, 3.05) is 32.8 Å². The van der Waals surface area contributed by atoms with Gasteiger partial charge in [-0.1, -0.05) is 19.9 Å². The van der Waals surface area contributed by atoms with Gasteiger partial charge in [-0.25, -0.2) is 4.98 Å². The van der Waals surface area contributed by atoms with Crippen LogP contribution in [0, 0.1) is 5.92 Å². The second-order valence-corrected chi connectivity index (χ2v) is 9.01. The molecule has 3 aromatic rings. The maximum absolute atomic E-state index is 6.15. The van der Waals surface area contributed by atoms with E-state index in [1.54, 1.807) is 0 Å². The summed E-state index contributed by atoms with van der Waals surface area (Å²) in [5.74, 6) is 3.47. The van der Waals surface area contributed by atoms with E-state index in [9.17, 15) is 0 Å². The molecule has 0 aromatic carbocycles. The number of aromatic nitrogens is 4. The minimum absolute atomic E-state index is 0.332. The monoisotopic (exact) mass is 409 g/mol. The van der Waals surface area contributed by atoms with Gasteiger partial charge >= 0.3 is 0 Å². The first-order valence-electron chi connectivity index (χ1n) is 11.3. The lowest BCUT2D eigenvalue weighted by Crippen LogP contribution is -2.38. The van der Waals surface area contributed by atoms with Crippen molar-refractivity contribution in [1.29, 1.82) is 0 Å². The van der Waals surface area contributed by atoms with Crippen molar-refractivity contribution < 1.29 is 9.15 Å². The highest BCUT2D eigenvalue weighted by Crippen LogP contribution is 2.31. The molecular weight excluding hydrogens is 378 g/mol. The third-order valence-electron chi connectivity index (χ3n) is 6.55. The first-order valence-corrected chi connectivity index (χ1v) is 11.3. The van der Waals surface area contributed by atoms with E-state index in [1.807, 2.05) is 18.3 Å². The molecule has 160 valence electrons. The van der Waals surface area contributed by atoms with Gasteiger partial charge in [-0.15, -0.1) is 10.2 Å². The third kappa shape index (κ3) is 3.88. The predicted molar refractivity (Wildman–Crippen MR) is 115 cm³/mol. The Kier molecular flexibility index (Phi) is 5.56. The van der Waals surface area contributed by atoms with E-state index < -0.39 is 0 Å². The van der Waals surface area contributed by atoms with E-state index >= 15 is 0 Å². The van der Waals surface area contributed by atoms with Gasteiger partial charge in [-0.05, 0) is 62.7 Å². The summed E-state index contributed by atoms with van der Waals surface area (Å²) >= 11 is 0. The van der Waals surface area contributed by atoms with Crippen LogP contribution in [-0.2, 0) is 4.74 Å². The Balaban J connectivity index is 1.28. The molecule has 0 atom stereocenters. The highest BCUT2D eigenvalue weighted by atomic mass is 16.5. The zero-order chi connectivity index (χ0) is 20.5. The van der Waals surface area contributed by atoms with Gasteiger partial charge in [0.1, 0.15) is 0 Å². The molecule has 3 aromatic heterocycles. The Morgan fingerprint density at radius 1 is 1.07 bits per heavy atom. The molecular formula is C23H31N5O2. The summed E-state index contributed by atoms with van der Waals surface area (Å²) in [5, 5.41) is 8.78. The van der Waals surface area contributed by atoms with Crippen LogP contribution in [0.3, 0.4) is 0 Å². The molecule has 0 saturated carbocycles. The third-order valence-corrected chi connectivity index (χ3v) is 6.55. The minimum atomic E-state index is 0.332. The lowest BCUT2D eigenvalue weighted by Gasteiger charge is -2.34. The lowest BCUT2D eigenvalue weighted by molar-refractivity contribution is 0.0483. The molecule has 7 nitrogen and oxygen atoms in total. The number of imidazole rings is 1. The Labute approximate surface area is 177 Å². The number of piperidine rings is 1. The van der Waals surface area contributed by atoms with Crippen LogP contribution in [0.25, 0.3) is 17.2 Å². The molecule has 0 amide bonds. The smallest absolute Gasteiger partial charge is 0.284 e. The average Bonchev–Trinajstić information content (AvgIpc) is 3.40. The van der Waals surface area contributed by atoms with Crippen LogP contribution >= 0.6 is 0 Å². The van der Waals surface area contributed by atoms with Crippen LogP contribution in [0.1, 0.15) is 63.0 Å². The summed E-state index contributed by atoms with van der Waals surface area (Å²) < 4.78 is 13.7. The zero-order valence-corrected chi connectivity index (χ0v) is 18.0. The van der Waals surface area contributed by atoms with Crippen LogP contribution in [0.5, 0.6) is 0 Å². The van der Waals surface area contributed by atoms with Crippen molar-refractivity contribution >= 4 is 5.52 Å². The van der Waals surface area contributed by atoms with Gasteiger partial charge < -0.3 is 14.1 Å². The molecule has 0 spiro atoms. The molecule has 7 heteroatoms. The van der Waals surface area contributed by atoms with E-state index in [0.717, 1.165) is 68.0 Å². The number of hydrogen-bond acceptors (Lipinski definition) is 6. The number of nitrogens with zero attached hydrogens (tertiary/aromatic N) is 5. The molecule has 5 heterocycles. The van der Waals surface area contributed by atoms with E-state index in [0.29, 0.717) is 17.7 Å². The van der Waals surface area contributed by atoms with Gasteiger partial charge in [-0.2, -0.15) is 0 Å². The average molecular weight is 410 g/mol. The predicted octanol–water partition coefficient (Wildman–Crippen LogP) is 4.11. The summed E-state index contributed by atoms with van der Waals surface area (Å²) in [6.07, 6.45) is 6.56. The van der Waals surface area contributed by atoms with Gasteiger partial charge in [0.15, 0.2) is 0 Å². The molecule has 30 heavy (non-hydrogen) atoms. The summed E-state index contributed by atoms with van der Waals surface area (Å²) in [4.78, 5) is 7.44. The van der Waals surface area contributed by atoms with Crippen molar-refractivity contribution in [1.82, 2.24) is 24.5 Å². The van der Waals surface area contributed by atoms with Crippen LogP contribution in [0.15, 0.2) is 28.8 Å². The van der Waals surface area contributed by atoms with E-state index in [1.165, 1.54) is 19.4 Å². The maximum Gasteiger partial charge on any atom is 0.284 e. The standard InChI is InChI=1S/C23H31N5O2/c1-16(2)20-19-5-3-4-10-28(19)21(24-20)23-26-25-22(30-23)18-6-11-27(12-7-18)15-17-8-13-29-14-9-17/h3-5,10,16-18H,6-9,11-15H2,1-2H3. The Bertz CT molecular complexity index is 981. The van der Waals surface area contributed by atoms with Crippen LogP contribution in [0.4, 0.5) is 0 Å². The second-order valence-electron chi connectivity index (χ2n) is 9.01. The maximum atomic E-state index is 6.15. The van der Waals surface area contributed by atoms with Crippen molar-refractivity contribution in [2.24, 2.45) is 5.92 Å². The summed E-state index contributed by atoms with van der Waals surface area (Å²) in [5.41, 5.74) is 2.16. The highest BCUT2D eigenvalue weighted by molar-refractivity contribution is 5.61. The molecule has 0 N–H and O–H groups in total. The lowest BCUT2D eigenvalue weighted by atomic mass is 9.94. The van der Waals surface area contributed by atoms with Gasteiger partial charge in [-0.3, -0.25) is 4.40 Å². The Morgan fingerprint density at radius 2 is 1.87 bits per heavy atom. The van der Waals surface area contributed by atoms with Crippen LogP contribution < -0.4 is 0 Å². The first kappa shape index (κ1) is 19.7. The van der Waals surface area contributed by atoms with Crippen LogP contribution in [0.2, 0.25) is 0 Å². The number of ether oxygens (including phenoxy) is 1. The van der Waals surface area contributed by atoms with Gasteiger partial charge in [0, 0.05) is 31.9 Å². The molecule has 2 saturated heterocycles. The fourth-order valence-electron chi connectivity index (χ4n) is 4.78. The van der Waals surface area contributed by atoms with Gasteiger partial charge in [0.25, 0.3) is 5.89 Å². The summed E-state index contributed by atoms with van der Waals surface area (Å²) in [6.45, 7) is 9.56. The largest absolute Gasteiger partial charge is 0.418 e. The molecule has 2 aliphatic heterocycles. The van der Waals surface area contributed by atoms with E-state index in [-0.39, 0.29) is 0 Å². The molecule has 2 aliphatic rings. The normalized spacial score (nSPS) is 19.8. The number of rotatable bonds is 5. The fraction of sp³-hybridized carbons (Fsp3) is 0.609. The van der Waals surface area contributed by atoms with E-state index in [4.69, 9.17) is 14.1 Å². The minimum Gasteiger partial charge on any atom is -0.418 e. The van der Waals surface area contributed by atoms with Crippen molar-refractivity contribution in [3.8, 4) is 11.7 Å². The van der Waals surface area contributed by atoms with Crippen LogP contribution in [-0.4, -0.2) is 57.3 Å². The van der Waals surface area contributed by atoms with Crippen molar-refractivity contribution in [3.05, 3.63) is 36.0 Å². The summed E-state index contributed by atoms with van der Waals surface area (Å²) in [7, 11) is 0. The number of fused-ring (bicyclic) bond motifs is 1. The Hall–Kier alpha value is -2.25. The first-order chi connectivity index (χ1) is 14.7. The fourth-order valence-corrected chi connectivity index (χ4v) is 4.78. The quantitative estimate of drug-likeness (QED) is 0.632. The number of hydrogen-bond donors (Lipinski definition) is 0. The summed E-state index contributed by atoms with van der Waals surface area (Å²) in [6, 6.07) is 6.14. The van der Waals surface area contributed by atoms with Gasteiger partial charge in [0.05, 0.1) is 11.2 Å². The topological polar surface area (TPSA) is 68.7 Å². The SMILES string of the molecule is CC(C)c1nc(-c2nnc(C3CCN(CC4CCOCC4)CC3)o2)n2ccccc12. The molecule has 0 radical (unpaired) electrons. The number of pyridine rings is 1. The molecule has 5 rings (SSSR count). The van der Waals surface area contributed by atoms with E-state index in [2.05, 4.69) is 39.4 Å². The van der Waals surface area contributed by atoms with Gasteiger partial charge in [0.2, 0.25) is 11.7 Å². The number of likely N-dealkylation sites (tertiary alicyclic amines) is 1. The molecule has 0 aliphatic carbocycles. The molecule has 0 bridgehead atoms. The Morgan fingerprint density at radius 3 is 2.63 bits per heavy atom. The molecule has 2 fully saturated rings.